The maximum Gasteiger partial charge on any atom is 0.229 e. The van der Waals surface area contributed by atoms with Crippen molar-refractivity contribution in [3.05, 3.63) is 34.8 Å². The van der Waals surface area contributed by atoms with Gasteiger partial charge in [-0.3, -0.25) is 9.59 Å². The Morgan fingerprint density at radius 3 is 2.72 bits per heavy atom. The molecule has 0 unspecified atom stereocenters. The van der Waals surface area contributed by atoms with Crippen LogP contribution < -0.4 is 10.2 Å². The first-order valence-electron chi connectivity index (χ1n) is 7.95. The van der Waals surface area contributed by atoms with Crippen molar-refractivity contribution in [2.24, 2.45) is 5.92 Å². The number of carbonyl (C=O) groups is 2. The number of hydrogen-bond donors (Lipinski definition) is 1. The molecule has 8 heteroatoms. The highest BCUT2D eigenvalue weighted by Crippen LogP contribution is 2.28. The van der Waals surface area contributed by atoms with Crippen LogP contribution in [0.3, 0.4) is 0 Å². The van der Waals surface area contributed by atoms with Gasteiger partial charge >= 0.3 is 0 Å². The largest absolute Gasteiger partial charge is 0.371 e. The Balaban J connectivity index is 1.69. The summed E-state index contributed by atoms with van der Waals surface area (Å²) in [5.41, 5.74) is 3.48. The number of carbonyl (C=O) groups excluding carboxylic acids is 2. The summed E-state index contributed by atoms with van der Waals surface area (Å²) in [4.78, 5) is 26.2. The third-order valence-electron chi connectivity index (χ3n) is 4.30. The smallest absolute Gasteiger partial charge is 0.229 e. The summed E-state index contributed by atoms with van der Waals surface area (Å²) in [5.74, 6) is -0.176. The molecular formula is C17H17N5O2S. The fourth-order valence-electron chi connectivity index (χ4n) is 2.98. The second-order valence-electron chi connectivity index (χ2n) is 5.89. The molecule has 0 spiro atoms. The van der Waals surface area contributed by atoms with Gasteiger partial charge in [-0.25, -0.2) is 0 Å². The molecule has 1 aliphatic rings. The van der Waals surface area contributed by atoms with Gasteiger partial charge in [0.2, 0.25) is 11.0 Å². The van der Waals surface area contributed by atoms with Gasteiger partial charge in [-0.15, -0.1) is 10.2 Å². The fraction of sp³-hybridized carbons (Fsp3) is 0.353. The molecule has 128 valence electrons. The lowest BCUT2D eigenvalue weighted by molar-refractivity contribution is -0.120. The van der Waals surface area contributed by atoms with Crippen LogP contribution in [0.2, 0.25) is 0 Å². The van der Waals surface area contributed by atoms with E-state index in [0.717, 1.165) is 5.69 Å². The minimum absolute atomic E-state index is 0.0318. The van der Waals surface area contributed by atoms with E-state index >= 15 is 0 Å². The van der Waals surface area contributed by atoms with Crippen LogP contribution in [-0.4, -0.2) is 35.0 Å². The van der Waals surface area contributed by atoms with Gasteiger partial charge in [-0.1, -0.05) is 11.3 Å². The molecule has 7 nitrogen and oxygen atoms in total. The van der Waals surface area contributed by atoms with Gasteiger partial charge in [0.25, 0.3) is 0 Å². The van der Waals surface area contributed by atoms with Gasteiger partial charge < -0.3 is 10.2 Å². The average molecular weight is 355 g/mol. The lowest BCUT2D eigenvalue weighted by Gasteiger charge is -2.33. The molecule has 0 aliphatic carbocycles. The van der Waals surface area contributed by atoms with Crippen molar-refractivity contribution in [3.8, 4) is 6.07 Å². The third-order valence-corrected chi connectivity index (χ3v) is 4.91. The van der Waals surface area contributed by atoms with E-state index in [4.69, 9.17) is 5.26 Å². The topological polar surface area (TPSA) is 99.0 Å². The summed E-state index contributed by atoms with van der Waals surface area (Å²) in [7, 11) is 0. The van der Waals surface area contributed by atoms with Gasteiger partial charge in [-0.2, -0.15) is 5.26 Å². The number of aromatic nitrogens is 2. The molecule has 0 bridgehead atoms. The highest BCUT2D eigenvalue weighted by molar-refractivity contribution is 7.13. The molecule has 3 rings (SSSR count). The van der Waals surface area contributed by atoms with Gasteiger partial charge in [0, 0.05) is 30.3 Å². The number of Topliss-reactive ketones (excluding diaryl/α,β-unsaturated/α-hetero) is 1. The standard InChI is InChI=1S/C17H17N5O2S/c1-11(23)14-3-2-12(9-18)8-15(14)22-6-4-13(5-7-22)16(24)20-17-21-19-10-25-17/h2-3,8,10,13H,4-7H2,1H3,(H,20,21,24). The van der Waals surface area contributed by atoms with Gasteiger partial charge in [0.1, 0.15) is 5.51 Å². The van der Waals surface area contributed by atoms with E-state index in [-0.39, 0.29) is 17.6 Å². The van der Waals surface area contributed by atoms with Crippen molar-refractivity contribution >= 4 is 33.8 Å². The summed E-state index contributed by atoms with van der Waals surface area (Å²) in [6.07, 6.45) is 1.36. The molecule has 25 heavy (non-hydrogen) atoms. The van der Waals surface area contributed by atoms with E-state index in [2.05, 4.69) is 26.5 Å². The number of hydrogen-bond acceptors (Lipinski definition) is 7. The van der Waals surface area contributed by atoms with Crippen LogP contribution >= 0.6 is 11.3 Å². The number of benzene rings is 1. The van der Waals surface area contributed by atoms with Crippen LogP contribution in [0.15, 0.2) is 23.7 Å². The minimum Gasteiger partial charge on any atom is -0.371 e. The summed E-state index contributed by atoms with van der Waals surface area (Å²) in [6.45, 7) is 2.83. The maximum atomic E-state index is 12.3. The number of nitrogens with one attached hydrogen (secondary N) is 1. The zero-order valence-electron chi connectivity index (χ0n) is 13.7. The molecular weight excluding hydrogens is 338 g/mol. The molecule has 1 saturated heterocycles. The molecule has 1 fully saturated rings. The molecule has 0 radical (unpaired) electrons. The fourth-order valence-corrected chi connectivity index (χ4v) is 3.43. The van der Waals surface area contributed by atoms with E-state index in [1.165, 1.54) is 18.3 Å². The first-order chi connectivity index (χ1) is 12.1. The van der Waals surface area contributed by atoms with Crippen LogP contribution in [0.25, 0.3) is 0 Å². The number of amides is 1. The van der Waals surface area contributed by atoms with Crippen molar-refractivity contribution < 1.29 is 9.59 Å². The number of nitrogens with zero attached hydrogens (tertiary/aromatic N) is 4. The van der Waals surface area contributed by atoms with Gasteiger partial charge in [0.05, 0.1) is 11.6 Å². The first-order valence-corrected chi connectivity index (χ1v) is 8.83. The lowest BCUT2D eigenvalue weighted by atomic mass is 9.94. The zero-order chi connectivity index (χ0) is 17.8. The van der Waals surface area contributed by atoms with E-state index in [1.807, 2.05) is 0 Å². The van der Waals surface area contributed by atoms with E-state index < -0.39 is 0 Å². The van der Waals surface area contributed by atoms with Crippen molar-refractivity contribution in [2.75, 3.05) is 23.3 Å². The average Bonchev–Trinajstić information content (AvgIpc) is 3.14. The monoisotopic (exact) mass is 355 g/mol. The molecule has 2 heterocycles. The molecule has 1 amide bonds. The Labute approximate surface area is 149 Å². The predicted octanol–water partition coefficient (Wildman–Crippen LogP) is 2.47. The highest BCUT2D eigenvalue weighted by Gasteiger charge is 2.27. The SMILES string of the molecule is CC(=O)c1ccc(C#N)cc1N1CCC(C(=O)Nc2nncs2)CC1. The zero-order valence-corrected chi connectivity index (χ0v) is 14.5. The van der Waals surface area contributed by atoms with E-state index in [9.17, 15) is 9.59 Å². The number of nitriles is 1. The Bertz CT molecular complexity index is 820. The number of anilines is 2. The molecule has 0 saturated carbocycles. The van der Waals surface area contributed by atoms with Crippen LogP contribution in [0.1, 0.15) is 35.7 Å². The first kappa shape index (κ1) is 17.0. The quantitative estimate of drug-likeness (QED) is 0.846. The minimum atomic E-state index is -0.0972. The number of piperidine rings is 1. The molecule has 1 aromatic heterocycles. The summed E-state index contributed by atoms with van der Waals surface area (Å²) >= 11 is 1.29. The third kappa shape index (κ3) is 3.83. The Morgan fingerprint density at radius 2 is 2.12 bits per heavy atom. The van der Waals surface area contributed by atoms with Gasteiger partial charge in [-0.05, 0) is 38.0 Å². The Kier molecular flexibility index (Phi) is 5.05. The molecule has 1 aromatic carbocycles. The second-order valence-corrected chi connectivity index (χ2v) is 6.73. The van der Waals surface area contributed by atoms with Crippen LogP contribution in [0, 0.1) is 17.2 Å². The van der Waals surface area contributed by atoms with Crippen molar-refractivity contribution in [3.63, 3.8) is 0 Å². The van der Waals surface area contributed by atoms with E-state index in [0.29, 0.717) is 42.2 Å². The molecule has 1 aliphatic heterocycles. The van der Waals surface area contributed by atoms with Crippen LogP contribution in [0.5, 0.6) is 0 Å². The molecule has 2 aromatic rings. The van der Waals surface area contributed by atoms with Crippen molar-refractivity contribution in [1.29, 1.82) is 5.26 Å². The summed E-state index contributed by atoms with van der Waals surface area (Å²) < 4.78 is 0. The van der Waals surface area contributed by atoms with Crippen molar-refractivity contribution in [2.45, 2.75) is 19.8 Å². The Hall–Kier alpha value is -2.79. The maximum absolute atomic E-state index is 12.3. The van der Waals surface area contributed by atoms with Crippen molar-refractivity contribution in [1.82, 2.24) is 10.2 Å². The lowest BCUT2D eigenvalue weighted by Crippen LogP contribution is -2.38. The molecule has 0 atom stereocenters. The van der Waals surface area contributed by atoms with Crippen LogP contribution in [0.4, 0.5) is 10.8 Å². The number of ketones is 1. The summed E-state index contributed by atoms with van der Waals surface area (Å²) in [6, 6.07) is 7.21. The van der Waals surface area contributed by atoms with Crippen LogP contribution in [-0.2, 0) is 4.79 Å². The van der Waals surface area contributed by atoms with Gasteiger partial charge in [0.15, 0.2) is 5.78 Å². The van der Waals surface area contributed by atoms with E-state index in [1.54, 1.807) is 23.7 Å². The highest BCUT2D eigenvalue weighted by atomic mass is 32.1. The number of rotatable bonds is 4. The molecule has 1 N–H and O–H groups in total. The Morgan fingerprint density at radius 1 is 1.36 bits per heavy atom. The predicted molar refractivity (Wildman–Crippen MR) is 94.6 cm³/mol. The normalized spacial score (nSPS) is 14.8. The summed E-state index contributed by atoms with van der Waals surface area (Å²) in [5, 5.41) is 19.9. The second kappa shape index (κ2) is 7.40.